The van der Waals surface area contributed by atoms with Gasteiger partial charge in [-0.1, -0.05) is 0 Å². The van der Waals surface area contributed by atoms with Gasteiger partial charge in [-0.2, -0.15) is 0 Å². The molecule has 0 fully saturated rings. The quantitative estimate of drug-likeness (QED) is 0.748. The molecule has 0 unspecified atom stereocenters. The lowest BCUT2D eigenvalue weighted by Gasteiger charge is -2.14. The topological polar surface area (TPSA) is 47.9 Å². The normalized spacial score (nSPS) is 10.6. The molecule has 1 rings (SSSR count). The van der Waals surface area contributed by atoms with Crippen LogP contribution in [0.4, 0.5) is 0 Å². The van der Waals surface area contributed by atoms with Crippen molar-refractivity contribution in [1.82, 2.24) is 0 Å². The van der Waals surface area contributed by atoms with Crippen LogP contribution in [-0.4, -0.2) is 26.4 Å². The molecule has 4 nitrogen and oxygen atoms in total. The second kappa shape index (κ2) is 4.83. The molecule has 0 aliphatic heterocycles. The number of hydrogen-bond acceptors (Lipinski definition) is 4. The van der Waals surface area contributed by atoms with E-state index in [4.69, 9.17) is 14.2 Å². The summed E-state index contributed by atoms with van der Waals surface area (Å²) in [5.41, 5.74) is 0.715. The van der Waals surface area contributed by atoms with Crippen LogP contribution in [0.15, 0.2) is 18.2 Å². The Morgan fingerprint density at radius 2 is 1.71 bits per heavy atom. The first-order valence-corrected chi connectivity index (χ1v) is 4.14. The molecular weight excluding hydrogens is 184 g/mol. The van der Waals surface area contributed by atoms with E-state index in [-0.39, 0.29) is 5.75 Å². The highest BCUT2D eigenvalue weighted by Gasteiger charge is 2.11. The van der Waals surface area contributed by atoms with Gasteiger partial charge in [0.2, 0.25) is 0 Å². The lowest BCUT2D eigenvalue weighted by atomic mass is 10.2. The van der Waals surface area contributed by atoms with Crippen LogP contribution < -0.4 is 4.74 Å². The van der Waals surface area contributed by atoms with Crippen molar-refractivity contribution in [2.75, 3.05) is 21.3 Å². The fourth-order valence-corrected chi connectivity index (χ4v) is 1.23. The Morgan fingerprint density at radius 3 is 2.21 bits per heavy atom. The first kappa shape index (κ1) is 10.8. The average Bonchev–Trinajstić information content (AvgIpc) is 2.19. The van der Waals surface area contributed by atoms with E-state index in [9.17, 15) is 5.11 Å². The minimum Gasteiger partial charge on any atom is -0.508 e. The highest BCUT2D eigenvalue weighted by atomic mass is 16.7. The SMILES string of the molecule is COc1cc(O)cc(C(OC)OC)c1. The molecule has 0 saturated heterocycles. The number of aromatic hydroxyl groups is 1. The van der Waals surface area contributed by atoms with Crippen LogP contribution in [0, 0.1) is 0 Å². The van der Waals surface area contributed by atoms with E-state index in [0.29, 0.717) is 11.3 Å². The summed E-state index contributed by atoms with van der Waals surface area (Å²) in [6.07, 6.45) is -0.490. The molecule has 1 aromatic rings. The fraction of sp³-hybridized carbons (Fsp3) is 0.400. The second-order valence-electron chi connectivity index (χ2n) is 2.77. The van der Waals surface area contributed by atoms with Gasteiger partial charge in [0.25, 0.3) is 0 Å². The van der Waals surface area contributed by atoms with Gasteiger partial charge in [0.15, 0.2) is 6.29 Å². The van der Waals surface area contributed by atoms with Crippen LogP contribution in [0.2, 0.25) is 0 Å². The minimum absolute atomic E-state index is 0.124. The largest absolute Gasteiger partial charge is 0.508 e. The summed E-state index contributed by atoms with van der Waals surface area (Å²) in [7, 11) is 4.60. The van der Waals surface area contributed by atoms with Gasteiger partial charge in [-0.05, 0) is 12.1 Å². The smallest absolute Gasteiger partial charge is 0.183 e. The van der Waals surface area contributed by atoms with Crippen molar-refractivity contribution in [1.29, 1.82) is 0 Å². The van der Waals surface area contributed by atoms with E-state index in [2.05, 4.69) is 0 Å². The molecule has 0 spiro atoms. The highest BCUT2D eigenvalue weighted by Crippen LogP contribution is 2.27. The maximum atomic E-state index is 9.37. The van der Waals surface area contributed by atoms with E-state index < -0.39 is 6.29 Å². The lowest BCUT2D eigenvalue weighted by molar-refractivity contribution is -0.106. The van der Waals surface area contributed by atoms with Crippen LogP contribution in [0.25, 0.3) is 0 Å². The van der Waals surface area contributed by atoms with Crippen molar-refractivity contribution in [3.8, 4) is 11.5 Å². The van der Waals surface area contributed by atoms with Gasteiger partial charge in [-0.3, -0.25) is 0 Å². The Balaban J connectivity index is 3.01. The van der Waals surface area contributed by atoms with Crippen LogP contribution >= 0.6 is 0 Å². The molecule has 0 aromatic heterocycles. The van der Waals surface area contributed by atoms with E-state index in [0.717, 1.165) is 0 Å². The Labute approximate surface area is 83.0 Å². The summed E-state index contributed by atoms with van der Waals surface area (Å²) in [5.74, 6) is 0.692. The third-order valence-electron chi connectivity index (χ3n) is 1.85. The first-order chi connectivity index (χ1) is 6.71. The number of rotatable bonds is 4. The zero-order valence-electron chi connectivity index (χ0n) is 8.48. The Kier molecular flexibility index (Phi) is 3.73. The summed E-state index contributed by atoms with van der Waals surface area (Å²) in [6.45, 7) is 0. The number of methoxy groups -OCH3 is 3. The number of phenols is 1. The lowest BCUT2D eigenvalue weighted by Crippen LogP contribution is -2.03. The van der Waals surface area contributed by atoms with E-state index >= 15 is 0 Å². The number of benzene rings is 1. The van der Waals surface area contributed by atoms with Crippen molar-refractivity contribution in [3.05, 3.63) is 23.8 Å². The number of ether oxygens (including phenoxy) is 3. The molecule has 0 amide bonds. The molecule has 4 heteroatoms. The summed E-state index contributed by atoms with van der Waals surface area (Å²) in [6, 6.07) is 4.84. The summed E-state index contributed by atoms with van der Waals surface area (Å²) in [5, 5.41) is 9.37. The van der Waals surface area contributed by atoms with Gasteiger partial charge in [0.05, 0.1) is 7.11 Å². The van der Waals surface area contributed by atoms with Gasteiger partial charge in [-0.15, -0.1) is 0 Å². The molecule has 0 aliphatic carbocycles. The Morgan fingerprint density at radius 1 is 1.07 bits per heavy atom. The molecule has 14 heavy (non-hydrogen) atoms. The predicted octanol–water partition coefficient (Wildman–Crippen LogP) is 1.69. The Hall–Kier alpha value is -1.26. The maximum absolute atomic E-state index is 9.37. The fourth-order valence-electron chi connectivity index (χ4n) is 1.23. The van der Waals surface area contributed by atoms with Crippen molar-refractivity contribution >= 4 is 0 Å². The van der Waals surface area contributed by atoms with Crippen LogP contribution in [0.1, 0.15) is 11.9 Å². The zero-order chi connectivity index (χ0) is 10.6. The van der Waals surface area contributed by atoms with Crippen molar-refractivity contribution in [2.45, 2.75) is 6.29 Å². The minimum atomic E-state index is -0.490. The summed E-state index contributed by atoms with van der Waals surface area (Å²) in [4.78, 5) is 0. The van der Waals surface area contributed by atoms with Gasteiger partial charge in [-0.25, -0.2) is 0 Å². The molecule has 0 saturated carbocycles. The zero-order valence-corrected chi connectivity index (χ0v) is 8.48. The summed E-state index contributed by atoms with van der Waals surface area (Å²) < 4.78 is 15.1. The maximum Gasteiger partial charge on any atom is 0.183 e. The van der Waals surface area contributed by atoms with E-state index in [1.165, 1.54) is 27.4 Å². The third kappa shape index (κ3) is 2.37. The molecule has 0 aliphatic rings. The second-order valence-corrected chi connectivity index (χ2v) is 2.77. The van der Waals surface area contributed by atoms with Gasteiger partial charge < -0.3 is 19.3 Å². The van der Waals surface area contributed by atoms with Crippen molar-refractivity contribution in [2.24, 2.45) is 0 Å². The van der Waals surface area contributed by atoms with Crippen LogP contribution in [0.3, 0.4) is 0 Å². The molecule has 0 atom stereocenters. The van der Waals surface area contributed by atoms with Crippen molar-refractivity contribution < 1.29 is 19.3 Å². The monoisotopic (exact) mass is 198 g/mol. The van der Waals surface area contributed by atoms with Crippen LogP contribution in [-0.2, 0) is 9.47 Å². The third-order valence-corrected chi connectivity index (χ3v) is 1.85. The highest BCUT2D eigenvalue weighted by molar-refractivity contribution is 5.38. The molecule has 78 valence electrons. The average molecular weight is 198 g/mol. The first-order valence-electron chi connectivity index (χ1n) is 4.14. The van der Waals surface area contributed by atoms with E-state index in [1.54, 1.807) is 12.1 Å². The van der Waals surface area contributed by atoms with Crippen LogP contribution in [0.5, 0.6) is 11.5 Å². The Bertz CT molecular complexity index is 294. The molecule has 0 bridgehead atoms. The molecule has 0 radical (unpaired) electrons. The van der Waals surface area contributed by atoms with Gasteiger partial charge >= 0.3 is 0 Å². The predicted molar refractivity (Wildman–Crippen MR) is 51.4 cm³/mol. The number of hydrogen-bond donors (Lipinski definition) is 1. The van der Waals surface area contributed by atoms with Crippen molar-refractivity contribution in [3.63, 3.8) is 0 Å². The number of phenolic OH excluding ortho intramolecular Hbond substituents is 1. The molecular formula is C10H14O4. The molecule has 1 aromatic carbocycles. The molecule has 1 N–H and O–H groups in total. The standard InChI is InChI=1S/C10H14O4/c1-12-9-5-7(4-8(11)6-9)10(13-2)14-3/h4-6,10-11H,1-3H3. The van der Waals surface area contributed by atoms with E-state index in [1.807, 2.05) is 0 Å². The molecule has 0 heterocycles. The van der Waals surface area contributed by atoms with Gasteiger partial charge in [0.1, 0.15) is 11.5 Å². The summed E-state index contributed by atoms with van der Waals surface area (Å²) >= 11 is 0. The van der Waals surface area contributed by atoms with Gasteiger partial charge in [0, 0.05) is 25.8 Å².